The first-order valence-electron chi connectivity index (χ1n) is 6.67. The number of halogens is 1. The molecule has 7 heteroatoms. The number of hydrogen-bond donors (Lipinski definition) is 2. The van der Waals surface area contributed by atoms with Crippen LogP contribution >= 0.6 is 0 Å². The average molecular weight is 308 g/mol. The fourth-order valence-electron chi connectivity index (χ4n) is 2.32. The Morgan fingerprint density at radius 1 is 1.45 bits per heavy atom. The van der Waals surface area contributed by atoms with Crippen molar-refractivity contribution in [2.24, 2.45) is 7.05 Å². The summed E-state index contributed by atoms with van der Waals surface area (Å²) in [4.78, 5) is 11.1. The molecule has 0 saturated carbocycles. The molecule has 1 unspecified atom stereocenters. The van der Waals surface area contributed by atoms with E-state index in [1.807, 2.05) is 0 Å². The van der Waals surface area contributed by atoms with Crippen molar-refractivity contribution >= 4 is 5.97 Å². The number of rotatable bonds is 6. The molecule has 0 fully saturated rings. The van der Waals surface area contributed by atoms with Crippen LogP contribution in [0.25, 0.3) is 0 Å². The Morgan fingerprint density at radius 3 is 2.68 bits per heavy atom. The van der Waals surface area contributed by atoms with Crippen LogP contribution in [0.2, 0.25) is 0 Å². The maximum Gasteiger partial charge on any atom is 0.303 e. The molecule has 0 aliphatic rings. The molecule has 1 heterocycles. The third kappa shape index (κ3) is 3.55. The molecule has 0 aliphatic carbocycles. The van der Waals surface area contributed by atoms with Crippen LogP contribution in [0, 0.1) is 5.82 Å². The summed E-state index contributed by atoms with van der Waals surface area (Å²) in [5, 5.41) is 22.7. The molecule has 0 spiro atoms. The summed E-state index contributed by atoms with van der Waals surface area (Å²) in [5.41, 5.74) is 1.09. The van der Waals surface area contributed by atoms with Crippen molar-refractivity contribution in [1.29, 1.82) is 0 Å². The predicted molar refractivity (Wildman–Crippen MR) is 76.5 cm³/mol. The highest BCUT2D eigenvalue weighted by atomic mass is 19.1. The van der Waals surface area contributed by atoms with Gasteiger partial charge < -0.3 is 14.9 Å². The number of aliphatic carboxylic acids is 1. The topological polar surface area (TPSA) is 84.6 Å². The Labute approximate surface area is 126 Å². The van der Waals surface area contributed by atoms with Crippen LogP contribution < -0.4 is 4.74 Å². The van der Waals surface area contributed by atoms with E-state index < -0.39 is 17.7 Å². The summed E-state index contributed by atoms with van der Waals surface area (Å²) in [6.07, 6.45) is 0.121. The van der Waals surface area contributed by atoms with Gasteiger partial charge in [-0.3, -0.25) is 4.79 Å². The largest absolute Gasteiger partial charge is 0.494 e. The van der Waals surface area contributed by atoms with Crippen molar-refractivity contribution in [3.8, 4) is 11.6 Å². The van der Waals surface area contributed by atoms with E-state index in [4.69, 9.17) is 9.84 Å². The van der Waals surface area contributed by atoms with Gasteiger partial charge in [0, 0.05) is 19.0 Å². The first-order valence-corrected chi connectivity index (χ1v) is 6.67. The van der Waals surface area contributed by atoms with Crippen LogP contribution in [-0.2, 0) is 18.3 Å². The molecule has 1 aromatic heterocycles. The van der Waals surface area contributed by atoms with E-state index in [9.17, 15) is 14.3 Å². The van der Waals surface area contributed by atoms with Gasteiger partial charge in [0.05, 0.1) is 19.2 Å². The highest BCUT2D eigenvalue weighted by molar-refractivity contribution is 5.68. The van der Waals surface area contributed by atoms with Crippen LogP contribution in [0.1, 0.15) is 23.6 Å². The molecular formula is C15H17FN2O4. The number of carboxylic acid groups (broad SMARTS) is 1. The van der Waals surface area contributed by atoms with Crippen molar-refractivity contribution in [2.75, 3.05) is 7.11 Å². The summed E-state index contributed by atoms with van der Waals surface area (Å²) in [7, 11) is 2.95. The van der Waals surface area contributed by atoms with E-state index in [1.165, 1.54) is 30.0 Å². The first-order chi connectivity index (χ1) is 10.4. The summed E-state index contributed by atoms with van der Waals surface area (Å²) < 4.78 is 20.0. The molecule has 6 nitrogen and oxygen atoms in total. The van der Waals surface area contributed by atoms with E-state index in [0.717, 1.165) is 0 Å². The maximum absolute atomic E-state index is 13.8. The molecule has 22 heavy (non-hydrogen) atoms. The lowest BCUT2D eigenvalue weighted by atomic mass is 9.91. The van der Waals surface area contributed by atoms with Gasteiger partial charge >= 0.3 is 5.97 Å². The van der Waals surface area contributed by atoms with Crippen molar-refractivity contribution in [3.63, 3.8) is 0 Å². The van der Waals surface area contributed by atoms with Gasteiger partial charge in [-0.25, -0.2) is 9.07 Å². The second kappa shape index (κ2) is 6.46. The molecule has 1 atom stereocenters. The number of carbonyl (C=O) groups is 1. The van der Waals surface area contributed by atoms with Gasteiger partial charge in [0.2, 0.25) is 5.88 Å². The number of hydrogen-bond acceptors (Lipinski definition) is 4. The smallest absolute Gasteiger partial charge is 0.303 e. The molecule has 0 bridgehead atoms. The Bertz CT molecular complexity index is 665. The molecule has 0 saturated heterocycles. The number of benzene rings is 1. The van der Waals surface area contributed by atoms with E-state index in [2.05, 4.69) is 5.10 Å². The normalized spacial score (nSPS) is 12.1. The lowest BCUT2D eigenvalue weighted by Crippen LogP contribution is -2.10. The minimum atomic E-state index is -0.985. The van der Waals surface area contributed by atoms with Crippen LogP contribution in [0.5, 0.6) is 11.6 Å². The summed E-state index contributed by atoms with van der Waals surface area (Å²) >= 11 is 0. The van der Waals surface area contributed by atoms with Crippen molar-refractivity contribution < 1.29 is 24.1 Å². The fraction of sp³-hybridized carbons (Fsp3) is 0.333. The number of aromatic nitrogens is 2. The number of carboxylic acids is 1. The number of aromatic hydroxyl groups is 1. The van der Waals surface area contributed by atoms with Crippen molar-refractivity contribution in [1.82, 2.24) is 9.78 Å². The molecular weight excluding hydrogens is 291 g/mol. The van der Waals surface area contributed by atoms with Gasteiger partial charge in [-0.2, -0.15) is 5.10 Å². The fourth-order valence-corrected chi connectivity index (χ4v) is 2.32. The zero-order valence-electron chi connectivity index (χ0n) is 12.3. The number of methoxy groups -OCH3 is 1. The highest BCUT2D eigenvalue weighted by Gasteiger charge is 2.20. The van der Waals surface area contributed by atoms with Crippen LogP contribution in [0.15, 0.2) is 24.3 Å². The Kier molecular flexibility index (Phi) is 4.65. The van der Waals surface area contributed by atoms with E-state index in [1.54, 1.807) is 13.1 Å². The van der Waals surface area contributed by atoms with Crippen molar-refractivity contribution in [3.05, 3.63) is 41.3 Å². The van der Waals surface area contributed by atoms with Crippen LogP contribution in [0.4, 0.5) is 4.39 Å². The quantitative estimate of drug-likeness (QED) is 0.853. The van der Waals surface area contributed by atoms with Gasteiger partial charge in [0.1, 0.15) is 0 Å². The minimum absolute atomic E-state index is 0.00927. The zero-order chi connectivity index (χ0) is 16.3. The SMILES string of the molecule is COc1ccc(C(CC(=O)O)Cc2cc(O)n(C)n2)cc1F. The van der Waals surface area contributed by atoms with Gasteiger partial charge in [-0.05, 0) is 24.1 Å². The standard InChI is InChI=1S/C15H17FN2O4/c1-18-14(19)8-11(17-18)5-10(7-15(20)21)9-3-4-13(22-2)12(16)6-9/h3-4,6,8,10,19H,5,7H2,1-2H3,(H,20,21). The Balaban J connectivity index is 2.29. The third-order valence-electron chi connectivity index (χ3n) is 3.43. The molecule has 2 aromatic rings. The van der Waals surface area contributed by atoms with Gasteiger partial charge in [0.25, 0.3) is 0 Å². The maximum atomic E-state index is 13.8. The molecule has 1 aromatic carbocycles. The Morgan fingerprint density at radius 2 is 2.18 bits per heavy atom. The van der Waals surface area contributed by atoms with Gasteiger partial charge in [0.15, 0.2) is 11.6 Å². The van der Waals surface area contributed by atoms with Crippen molar-refractivity contribution in [2.45, 2.75) is 18.8 Å². The second-order valence-electron chi connectivity index (χ2n) is 5.01. The lowest BCUT2D eigenvalue weighted by Gasteiger charge is -2.15. The van der Waals surface area contributed by atoms with Crippen LogP contribution in [-0.4, -0.2) is 33.1 Å². The molecule has 118 valence electrons. The molecule has 0 radical (unpaired) electrons. The molecule has 2 N–H and O–H groups in total. The monoisotopic (exact) mass is 308 g/mol. The molecule has 0 aliphatic heterocycles. The average Bonchev–Trinajstić information content (AvgIpc) is 2.76. The Hall–Kier alpha value is -2.57. The van der Waals surface area contributed by atoms with Gasteiger partial charge in [-0.1, -0.05) is 6.07 Å². The van der Waals surface area contributed by atoms with Gasteiger partial charge in [-0.15, -0.1) is 0 Å². The highest BCUT2D eigenvalue weighted by Crippen LogP contribution is 2.28. The summed E-state index contributed by atoms with van der Waals surface area (Å²) in [6, 6.07) is 5.84. The number of ether oxygens (including phenoxy) is 1. The second-order valence-corrected chi connectivity index (χ2v) is 5.01. The number of aryl methyl sites for hydroxylation is 1. The van der Waals surface area contributed by atoms with E-state index in [-0.39, 0.29) is 24.5 Å². The third-order valence-corrected chi connectivity index (χ3v) is 3.43. The van der Waals surface area contributed by atoms with Crippen LogP contribution in [0.3, 0.4) is 0 Å². The van der Waals surface area contributed by atoms with E-state index >= 15 is 0 Å². The number of nitrogens with zero attached hydrogens (tertiary/aromatic N) is 2. The summed E-state index contributed by atoms with van der Waals surface area (Å²) in [5.74, 6) is -1.88. The zero-order valence-corrected chi connectivity index (χ0v) is 12.3. The summed E-state index contributed by atoms with van der Waals surface area (Å²) in [6.45, 7) is 0. The predicted octanol–water partition coefficient (Wildman–Crippen LogP) is 2.07. The molecule has 2 rings (SSSR count). The molecule has 0 amide bonds. The lowest BCUT2D eigenvalue weighted by molar-refractivity contribution is -0.137. The van der Waals surface area contributed by atoms with E-state index in [0.29, 0.717) is 11.3 Å². The first kappa shape index (κ1) is 15.8. The minimum Gasteiger partial charge on any atom is -0.494 e.